The minimum Gasteiger partial charge on any atom is -0.147 e. The van der Waals surface area contributed by atoms with Crippen molar-refractivity contribution in [1.29, 1.82) is 0 Å². The fraction of sp³-hybridized carbons (Fsp3) is 0.0476. The van der Waals surface area contributed by atoms with E-state index in [-0.39, 0.29) is 31.3 Å². The number of allylic oxidation sites excluding steroid dienone is 2. The molecule has 226 valence electrons. The van der Waals surface area contributed by atoms with Gasteiger partial charge in [-0.3, -0.25) is 0 Å². The molecule has 2 unspecified atom stereocenters. The van der Waals surface area contributed by atoms with E-state index in [1.165, 1.54) is 65.9 Å². The summed E-state index contributed by atoms with van der Waals surface area (Å²) in [6.45, 7) is 0. The molecule has 2 nitrogen and oxygen atoms in total. The molecule has 0 N–H and O–H groups in total. The quantitative estimate of drug-likeness (QED) is 0.171. The van der Waals surface area contributed by atoms with Crippen LogP contribution in [0.2, 0.25) is 0 Å². The molecular weight excluding hydrogens is 695 g/mol. The summed E-state index contributed by atoms with van der Waals surface area (Å²) in [4.78, 5) is 0. The molecule has 2 aliphatic rings. The second-order valence-corrected chi connectivity index (χ2v) is 16.6. The predicted molar refractivity (Wildman–Crippen MR) is 198 cm³/mol. The molecule has 0 saturated heterocycles. The molecule has 2 atom stereocenters. The maximum Gasteiger partial charge on any atom is -0.147 e. The van der Waals surface area contributed by atoms with E-state index >= 15 is 0 Å². The second kappa shape index (κ2) is 11.2. The molecule has 0 spiro atoms. The number of nitrogens with zero attached hydrogens (tertiary/aromatic N) is 2. The molecule has 0 aliphatic heterocycles. The van der Waals surface area contributed by atoms with Gasteiger partial charge in [-0.25, -0.2) is 0 Å². The number of halogens is 2. The number of benzene rings is 6. The minimum atomic E-state index is -1.66. The fourth-order valence-electron chi connectivity index (χ4n) is 8.19. The largest absolute Gasteiger partial charge is 0.147 e. The smallest absolute Gasteiger partial charge is 0.147 e. The zero-order valence-electron chi connectivity index (χ0n) is 25.4. The van der Waals surface area contributed by atoms with Gasteiger partial charge in [0.1, 0.15) is 0 Å². The van der Waals surface area contributed by atoms with E-state index < -0.39 is 23.2 Å². The molecule has 0 amide bonds. The summed E-state index contributed by atoms with van der Waals surface area (Å²) < 4.78 is 4.85. The summed E-state index contributed by atoms with van der Waals surface area (Å²) in [7, 11) is 0. The van der Waals surface area contributed by atoms with Crippen molar-refractivity contribution in [3.63, 3.8) is 0 Å². The molecular formula is C42H30Cl2N2Zr. The van der Waals surface area contributed by atoms with E-state index in [4.69, 9.17) is 0 Å². The number of fused-ring (bicyclic) bond motifs is 8. The first-order chi connectivity index (χ1) is 22.3. The van der Waals surface area contributed by atoms with Crippen LogP contribution in [0.4, 0.5) is 0 Å². The molecule has 0 radical (unpaired) electrons. The van der Waals surface area contributed by atoms with Crippen LogP contribution in [-0.2, 0) is 29.7 Å². The minimum absolute atomic E-state index is 0. The van der Waals surface area contributed by atoms with Gasteiger partial charge in [-0.2, -0.15) is 0 Å². The molecule has 8 aromatic rings. The van der Waals surface area contributed by atoms with Crippen LogP contribution in [0.5, 0.6) is 0 Å². The average Bonchev–Trinajstić information content (AvgIpc) is 3.84. The first-order valence-electron chi connectivity index (χ1n) is 15.6. The molecule has 10 rings (SSSR count). The summed E-state index contributed by atoms with van der Waals surface area (Å²) in [6.07, 6.45) is 9.91. The predicted octanol–water partition coefficient (Wildman–Crippen LogP) is 11.0. The van der Waals surface area contributed by atoms with E-state index in [0.717, 1.165) is 0 Å². The standard InChI is InChI=1S/2C21H14N.2ClH.Zr/c2*1-2-8-16-15(7-1)13-14-21(16)22-19-11-5-3-9-17(19)18-10-4-6-12-20(18)22;;;/h2*1-14H;2*1H;. The molecule has 0 saturated carbocycles. The van der Waals surface area contributed by atoms with Crippen LogP contribution in [0, 0.1) is 0 Å². The molecule has 0 bridgehead atoms. The number of aromatic nitrogens is 2. The Morgan fingerprint density at radius 2 is 0.660 bits per heavy atom. The van der Waals surface area contributed by atoms with Gasteiger partial charge in [0.15, 0.2) is 0 Å². The van der Waals surface area contributed by atoms with Crippen LogP contribution in [0.3, 0.4) is 0 Å². The summed E-state index contributed by atoms with van der Waals surface area (Å²) >= 11 is -1.66. The first-order valence-corrected chi connectivity index (χ1v) is 18.1. The Morgan fingerprint density at radius 1 is 0.362 bits per heavy atom. The van der Waals surface area contributed by atoms with Gasteiger partial charge < -0.3 is 0 Å². The zero-order chi connectivity index (χ0) is 29.6. The Bertz CT molecular complexity index is 2270. The van der Waals surface area contributed by atoms with Gasteiger partial charge in [-0.15, -0.1) is 24.8 Å². The van der Waals surface area contributed by atoms with Gasteiger partial charge >= 0.3 is 275 Å². The first kappa shape index (κ1) is 30.2. The van der Waals surface area contributed by atoms with Crippen molar-refractivity contribution in [1.82, 2.24) is 9.13 Å². The van der Waals surface area contributed by atoms with Gasteiger partial charge in [0, 0.05) is 0 Å². The van der Waals surface area contributed by atoms with Crippen molar-refractivity contribution in [2.45, 2.75) is 6.49 Å². The van der Waals surface area contributed by atoms with Crippen molar-refractivity contribution in [2.75, 3.05) is 0 Å². The normalized spacial score (nSPS) is 19.1. The summed E-state index contributed by atoms with van der Waals surface area (Å²) in [6, 6.07) is 54.3. The average molecular weight is 725 g/mol. The Morgan fingerprint density at radius 3 is 1.02 bits per heavy atom. The summed E-state index contributed by atoms with van der Waals surface area (Å²) in [5.74, 6) is 0. The third-order valence-corrected chi connectivity index (χ3v) is 15.1. The van der Waals surface area contributed by atoms with Gasteiger partial charge in [0.2, 0.25) is 0 Å². The van der Waals surface area contributed by atoms with Gasteiger partial charge in [-0.1, -0.05) is 0 Å². The third-order valence-electron chi connectivity index (χ3n) is 10.00. The number of rotatable bonds is 4. The van der Waals surface area contributed by atoms with Crippen LogP contribution in [-0.4, -0.2) is 9.13 Å². The maximum atomic E-state index is 2.72. The van der Waals surface area contributed by atoms with Gasteiger partial charge in [-0.05, 0) is 0 Å². The Balaban J connectivity index is 0.00000162. The Labute approximate surface area is 297 Å². The monoisotopic (exact) mass is 722 g/mol. The third kappa shape index (κ3) is 4.07. The van der Waals surface area contributed by atoms with Crippen LogP contribution in [0.15, 0.2) is 158 Å². The van der Waals surface area contributed by atoms with Crippen molar-refractivity contribution in [2.24, 2.45) is 0 Å². The Hall–Kier alpha value is -4.14. The second-order valence-electron chi connectivity index (χ2n) is 12.2. The van der Waals surface area contributed by atoms with E-state index in [9.17, 15) is 0 Å². The van der Waals surface area contributed by atoms with E-state index in [1.807, 2.05) is 0 Å². The van der Waals surface area contributed by atoms with Crippen LogP contribution in [0.1, 0.15) is 22.3 Å². The van der Waals surface area contributed by atoms with E-state index in [1.54, 1.807) is 0 Å². The molecule has 5 heteroatoms. The van der Waals surface area contributed by atoms with Crippen molar-refractivity contribution in [3.05, 3.63) is 180 Å². The van der Waals surface area contributed by atoms with Crippen LogP contribution in [0.25, 0.3) is 55.8 Å². The van der Waals surface area contributed by atoms with E-state index in [0.29, 0.717) is 0 Å². The van der Waals surface area contributed by atoms with Crippen molar-refractivity contribution >= 4 is 80.6 Å². The van der Waals surface area contributed by atoms with Gasteiger partial charge in [0.05, 0.1) is 0 Å². The molecule has 6 aromatic carbocycles. The number of hydrogen-bond donors (Lipinski definition) is 0. The molecule has 2 aliphatic carbocycles. The summed E-state index contributed by atoms with van der Waals surface area (Å²) in [5.41, 5.74) is 10.7. The molecule has 0 fully saturated rings. The Kier molecular flexibility index (Phi) is 7.22. The zero-order valence-corrected chi connectivity index (χ0v) is 29.5. The SMILES string of the molecule is C1=C[C]([Zr][C]2(n3c4ccccc4c4ccccc43)C=Cc3ccccc32)(n2c3ccccc3c3ccccc32)c2ccccc21.Cl.Cl. The van der Waals surface area contributed by atoms with Gasteiger partial charge in [0.25, 0.3) is 0 Å². The number of hydrogen-bond acceptors (Lipinski definition) is 0. The molecule has 47 heavy (non-hydrogen) atoms. The fourth-order valence-corrected chi connectivity index (χ4v) is 14.0. The van der Waals surface area contributed by atoms with Crippen molar-refractivity contribution < 1.29 is 23.2 Å². The summed E-state index contributed by atoms with van der Waals surface area (Å²) in [5, 5.41) is 5.27. The van der Waals surface area contributed by atoms with E-state index in [2.05, 4.69) is 179 Å². The van der Waals surface area contributed by atoms with Crippen LogP contribution >= 0.6 is 24.8 Å². The topological polar surface area (TPSA) is 9.86 Å². The van der Waals surface area contributed by atoms with Crippen LogP contribution < -0.4 is 0 Å². The molecule has 2 heterocycles. The van der Waals surface area contributed by atoms with Crippen molar-refractivity contribution in [3.8, 4) is 0 Å². The number of para-hydroxylation sites is 4. The maximum absolute atomic E-state index is 2.72. The molecule has 2 aromatic heterocycles.